The van der Waals surface area contributed by atoms with Gasteiger partial charge in [-0.2, -0.15) is 0 Å². The molecule has 5 rings (SSSR count). The van der Waals surface area contributed by atoms with Crippen LogP contribution in [0, 0.1) is 0 Å². The fourth-order valence-corrected chi connectivity index (χ4v) is 4.93. The first-order valence-corrected chi connectivity index (χ1v) is 14.5. The molecule has 0 N–H and O–H groups in total. The van der Waals surface area contributed by atoms with E-state index >= 15 is 0 Å². The summed E-state index contributed by atoms with van der Waals surface area (Å²) in [5, 5.41) is 0. The maximum Gasteiger partial charge on any atom is 0.343 e. The van der Waals surface area contributed by atoms with Crippen LogP contribution in [0.25, 0.3) is 11.1 Å². The molecule has 10 heteroatoms. The van der Waals surface area contributed by atoms with Gasteiger partial charge in [-0.05, 0) is 95.1 Å². The number of carbonyl (C=O) groups excluding carboxylic acids is 3. The Hall–Kier alpha value is -6.03. The summed E-state index contributed by atoms with van der Waals surface area (Å²) in [6.07, 6.45) is 2.11. The number of fused-ring (bicyclic) bond motifs is 3. The van der Waals surface area contributed by atoms with Crippen LogP contribution in [0.1, 0.15) is 35.3 Å². The van der Waals surface area contributed by atoms with Crippen molar-refractivity contribution in [1.29, 1.82) is 0 Å². The standard InChI is InChI=1S/C37H32O10/c1-5-34(38)45-22-42-25-9-7-24(8-10-25)36(40)47-29-16-18-31-30-17-15-28(19-32(30)37(3,4)33(31)20-29)44-21-41-26-11-13-27(14-12-26)43-23-46-35(39)6-2/h5-20H,1-2,21-23H2,3-4H3. The number of ether oxygens (including phenoxy) is 7. The number of hydrogen-bond donors (Lipinski definition) is 0. The van der Waals surface area contributed by atoms with Crippen LogP contribution in [0.15, 0.2) is 110 Å². The topological polar surface area (TPSA) is 116 Å². The Morgan fingerprint density at radius 1 is 0.574 bits per heavy atom. The Balaban J connectivity index is 1.17. The molecule has 0 bridgehead atoms. The SMILES string of the molecule is C=CC(=O)OCOc1ccc(OCOc2ccc3c(c2)C(C)(C)c2cc(OC(=O)c4ccc(OCOC(=O)C=C)cc4)ccc2-3)cc1. The monoisotopic (exact) mass is 636 g/mol. The van der Waals surface area contributed by atoms with Gasteiger partial charge in [0.15, 0.2) is 0 Å². The van der Waals surface area contributed by atoms with Gasteiger partial charge in [-0.1, -0.05) is 39.1 Å². The van der Waals surface area contributed by atoms with Gasteiger partial charge in [-0.25, -0.2) is 14.4 Å². The van der Waals surface area contributed by atoms with Gasteiger partial charge in [0.1, 0.15) is 28.7 Å². The van der Waals surface area contributed by atoms with E-state index in [9.17, 15) is 14.4 Å². The number of hydrogen-bond acceptors (Lipinski definition) is 10. The van der Waals surface area contributed by atoms with Crippen molar-refractivity contribution in [3.63, 3.8) is 0 Å². The van der Waals surface area contributed by atoms with Gasteiger partial charge in [-0.3, -0.25) is 0 Å². The molecule has 10 nitrogen and oxygen atoms in total. The molecule has 0 heterocycles. The zero-order chi connectivity index (χ0) is 33.4. The van der Waals surface area contributed by atoms with Crippen LogP contribution in [0.4, 0.5) is 0 Å². The normalized spacial score (nSPS) is 12.0. The maximum atomic E-state index is 12.9. The number of carbonyl (C=O) groups is 3. The van der Waals surface area contributed by atoms with E-state index < -0.39 is 23.3 Å². The van der Waals surface area contributed by atoms with E-state index in [1.165, 1.54) is 0 Å². The van der Waals surface area contributed by atoms with Crippen molar-refractivity contribution in [2.24, 2.45) is 0 Å². The van der Waals surface area contributed by atoms with Crippen molar-refractivity contribution < 1.29 is 47.5 Å². The van der Waals surface area contributed by atoms with Crippen molar-refractivity contribution in [1.82, 2.24) is 0 Å². The third kappa shape index (κ3) is 7.80. The molecule has 1 aliphatic rings. The lowest BCUT2D eigenvalue weighted by Gasteiger charge is -2.22. The van der Waals surface area contributed by atoms with Crippen molar-refractivity contribution in [2.45, 2.75) is 19.3 Å². The lowest BCUT2D eigenvalue weighted by atomic mass is 9.82. The molecule has 4 aromatic carbocycles. The van der Waals surface area contributed by atoms with E-state index in [2.05, 4.69) is 27.0 Å². The van der Waals surface area contributed by atoms with Crippen LogP contribution in [-0.4, -0.2) is 38.3 Å². The first-order valence-electron chi connectivity index (χ1n) is 14.5. The van der Waals surface area contributed by atoms with Crippen LogP contribution in [0.3, 0.4) is 0 Å². The van der Waals surface area contributed by atoms with E-state index in [0.29, 0.717) is 34.3 Å². The molecule has 47 heavy (non-hydrogen) atoms. The first kappa shape index (κ1) is 32.4. The van der Waals surface area contributed by atoms with E-state index in [1.54, 1.807) is 54.6 Å². The molecule has 0 amide bonds. The summed E-state index contributed by atoms with van der Waals surface area (Å²) < 4.78 is 37.6. The van der Waals surface area contributed by atoms with Crippen molar-refractivity contribution in [3.05, 3.63) is 127 Å². The van der Waals surface area contributed by atoms with E-state index in [4.69, 9.17) is 33.2 Å². The molecule has 0 spiro atoms. The van der Waals surface area contributed by atoms with Crippen LogP contribution in [0.2, 0.25) is 0 Å². The minimum Gasteiger partial charge on any atom is -0.457 e. The van der Waals surface area contributed by atoms with Gasteiger partial charge in [0, 0.05) is 17.6 Å². The highest BCUT2D eigenvalue weighted by Gasteiger charge is 2.36. The van der Waals surface area contributed by atoms with Gasteiger partial charge >= 0.3 is 17.9 Å². The molecule has 0 atom stereocenters. The molecule has 0 fully saturated rings. The molecule has 0 aliphatic heterocycles. The Kier molecular flexibility index (Phi) is 9.90. The molecule has 0 aromatic heterocycles. The minimum atomic E-state index is -0.593. The average molecular weight is 637 g/mol. The summed E-state index contributed by atoms with van der Waals surface area (Å²) in [6.45, 7) is 10.4. The van der Waals surface area contributed by atoms with Crippen LogP contribution < -0.4 is 23.7 Å². The molecular formula is C37H32O10. The van der Waals surface area contributed by atoms with Crippen molar-refractivity contribution in [3.8, 4) is 39.9 Å². The number of esters is 3. The van der Waals surface area contributed by atoms with E-state index in [1.807, 2.05) is 30.3 Å². The molecule has 1 aliphatic carbocycles. The smallest absolute Gasteiger partial charge is 0.343 e. The van der Waals surface area contributed by atoms with Crippen molar-refractivity contribution in [2.75, 3.05) is 20.4 Å². The predicted octanol–water partition coefficient (Wildman–Crippen LogP) is 6.76. The van der Waals surface area contributed by atoms with Crippen LogP contribution in [0.5, 0.6) is 28.7 Å². The summed E-state index contributed by atoms with van der Waals surface area (Å²) >= 11 is 0. The Bertz CT molecular complexity index is 1790. The summed E-state index contributed by atoms with van der Waals surface area (Å²) in [7, 11) is 0. The molecule has 0 saturated carbocycles. The van der Waals surface area contributed by atoms with E-state index in [0.717, 1.165) is 34.4 Å². The quantitative estimate of drug-likeness (QED) is 0.0636. The number of benzene rings is 4. The molecule has 0 radical (unpaired) electrons. The third-order valence-corrected chi connectivity index (χ3v) is 7.38. The highest BCUT2D eigenvalue weighted by molar-refractivity contribution is 5.91. The second-order valence-electron chi connectivity index (χ2n) is 10.7. The van der Waals surface area contributed by atoms with Crippen LogP contribution >= 0.6 is 0 Å². The summed E-state index contributed by atoms with van der Waals surface area (Å²) in [4.78, 5) is 35.1. The largest absolute Gasteiger partial charge is 0.457 e. The summed E-state index contributed by atoms with van der Waals surface area (Å²) in [5.74, 6) is 0.908. The zero-order valence-corrected chi connectivity index (χ0v) is 25.9. The summed E-state index contributed by atoms with van der Waals surface area (Å²) in [5.41, 5.74) is 4.15. The van der Waals surface area contributed by atoms with E-state index in [-0.39, 0.29) is 20.4 Å². The molecule has 0 unspecified atom stereocenters. The second-order valence-corrected chi connectivity index (χ2v) is 10.7. The molecule has 4 aromatic rings. The average Bonchev–Trinajstić information content (AvgIpc) is 3.30. The highest BCUT2D eigenvalue weighted by atomic mass is 16.7. The van der Waals surface area contributed by atoms with Crippen molar-refractivity contribution >= 4 is 17.9 Å². The summed E-state index contributed by atoms with van der Waals surface area (Å²) in [6, 6.07) is 24.6. The fourth-order valence-electron chi connectivity index (χ4n) is 4.93. The van der Waals surface area contributed by atoms with Gasteiger partial charge in [-0.15, -0.1) is 0 Å². The first-order chi connectivity index (χ1) is 22.7. The minimum absolute atomic E-state index is 0.0146. The second kappa shape index (κ2) is 14.4. The molecule has 0 saturated heterocycles. The van der Waals surface area contributed by atoms with Gasteiger partial charge < -0.3 is 33.2 Å². The maximum absolute atomic E-state index is 12.9. The Labute approximate surface area is 271 Å². The van der Waals surface area contributed by atoms with Gasteiger partial charge in [0.2, 0.25) is 20.4 Å². The Morgan fingerprint density at radius 3 is 1.49 bits per heavy atom. The predicted molar refractivity (Wildman–Crippen MR) is 172 cm³/mol. The van der Waals surface area contributed by atoms with Gasteiger partial charge in [0.25, 0.3) is 0 Å². The lowest BCUT2D eigenvalue weighted by molar-refractivity contribution is -0.145. The lowest BCUT2D eigenvalue weighted by Crippen LogP contribution is -2.16. The highest BCUT2D eigenvalue weighted by Crippen LogP contribution is 2.50. The Morgan fingerprint density at radius 2 is 0.979 bits per heavy atom. The third-order valence-electron chi connectivity index (χ3n) is 7.38. The molecule has 240 valence electrons. The zero-order valence-electron chi connectivity index (χ0n) is 25.9. The van der Waals surface area contributed by atoms with Gasteiger partial charge in [0.05, 0.1) is 5.56 Å². The molecular weight excluding hydrogens is 604 g/mol. The number of rotatable bonds is 14. The van der Waals surface area contributed by atoms with Crippen LogP contribution in [-0.2, 0) is 24.5 Å². The fraction of sp³-hybridized carbons (Fsp3) is 0.162.